The second-order valence-electron chi connectivity index (χ2n) is 3.77. The highest BCUT2D eigenvalue weighted by Gasteiger charge is 2.33. The van der Waals surface area contributed by atoms with Gasteiger partial charge in [0.1, 0.15) is 0 Å². The summed E-state index contributed by atoms with van der Waals surface area (Å²) >= 11 is 0. The van der Waals surface area contributed by atoms with Crippen LogP contribution >= 0.6 is 0 Å². The van der Waals surface area contributed by atoms with Gasteiger partial charge in [-0.3, -0.25) is 0 Å². The van der Waals surface area contributed by atoms with E-state index in [4.69, 9.17) is 10.8 Å². The van der Waals surface area contributed by atoms with Crippen molar-refractivity contribution < 1.29 is 9.90 Å². The van der Waals surface area contributed by atoms with E-state index in [2.05, 4.69) is 0 Å². The van der Waals surface area contributed by atoms with Crippen LogP contribution in [0.5, 0.6) is 0 Å². The van der Waals surface area contributed by atoms with Crippen molar-refractivity contribution >= 4 is 5.97 Å². The van der Waals surface area contributed by atoms with Crippen molar-refractivity contribution in [2.24, 2.45) is 17.6 Å². The molecule has 0 amide bonds. The Labute approximate surface area is 76.9 Å². The maximum Gasteiger partial charge on any atom is 0.335 e. The Balaban J connectivity index is 2.24. The molecule has 0 aromatic heterocycles. The molecule has 3 heteroatoms. The van der Waals surface area contributed by atoms with Gasteiger partial charge >= 0.3 is 5.97 Å². The summed E-state index contributed by atoms with van der Waals surface area (Å²) in [5.74, 6) is -0.136. The van der Waals surface area contributed by atoms with Gasteiger partial charge in [0.15, 0.2) is 0 Å². The summed E-state index contributed by atoms with van der Waals surface area (Å²) in [6, 6.07) is 0.143. The predicted octanol–water partition coefficient (Wildman–Crippen LogP) is 0.921. The van der Waals surface area contributed by atoms with Crippen LogP contribution in [0.15, 0.2) is 23.8 Å². The molecule has 70 valence electrons. The standard InChI is InChI=1S/C10H13NO2/c11-9-4-3-6-1-2-7(10(12)13)5-8(6)9/h1-2,5-6,8-9H,3-4,11H2,(H,12,13)/t6?,8?,9-/m1/s1. The first-order valence-electron chi connectivity index (χ1n) is 4.57. The van der Waals surface area contributed by atoms with Gasteiger partial charge in [0.05, 0.1) is 5.57 Å². The highest BCUT2D eigenvalue weighted by molar-refractivity contribution is 5.90. The number of rotatable bonds is 1. The molecule has 2 rings (SSSR count). The van der Waals surface area contributed by atoms with Crippen molar-refractivity contribution in [2.45, 2.75) is 18.9 Å². The lowest BCUT2D eigenvalue weighted by molar-refractivity contribution is -0.132. The van der Waals surface area contributed by atoms with E-state index in [1.54, 1.807) is 6.08 Å². The molecule has 3 atom stereocenters. The molecule has 2 unspecified atom stereocenters. The fourth-order valence-electron chi connectivity index (χ4n) is 2.19. The largest absolute Gasteiger partial charge is 0.478 e. The van der Waals surface area contributed by atoms with E-state index in [1.807, 2.05) is 12.2 Å². The summed E-state index contributed by atoms with van der Waals surface area (Å²) in [5, 5.41) is 8.78. The first-order valence-corrected chi connectivity index (χ1v) is 4.57. The zero-order chi connectivity index (χ0) is 9.42. The number of fused-ring (bicyclic) bond motifs is 1. The summed E-state index contributed by atoms with van der Waals surface area (Å²) in [6.45, 7) is 0. The smallest absolute Gasteiger partial charge is 0.335 e. The van der Waals surface area contributed by atoms with Crippen LogP contribution in [0.4, 0.5) is 0 Å². The molecular formula is C10H13NO2. The van der Waals surface area contributed by atoms with Gasteiger partial charge in [0, 0.05) is 6.04 Å². The fraction of sp³-hybridized carbons (Fsp3) is 0.500. The normalized spacial score (nSPS) is 37.0. The van der Waals surface area contributed by atoms with Crippen molar-refractivity contribution in [3.8, 4) is 0 Å². The molecule has 0 saturated heterocycles. The Morgan fingerprint density at radius 2 is 2.31 bits per heavy atom. The number of carbonyl (C=O) groups is 1. The van der Waals surface area contributed by atoms with Crippen molar-refractivity contribution in [2.75, 3.05) is 0 Å². The SMILES string of the molecule is N[C@@H]1CCC2C=CC(C(=O)O)=CC21. The average molecular weight is 179 g/mol. The molecule has 2 aliphatic carbocycles. The Morgan fingerprint density at radius 3 is 3.00 bits per heavy atom. The van der Waals surface area contributed by atoms with Crippen LogP contribution < -0.4 is 5.73 Å². The van der Waals surface area contributed by atoms with E-state index in [0.29, 0.717) is 11.5 Å². The van der Waals surface area contributed by atoms with Gasteiger partial charge in [-0.25, -0.2) is 4.79 Å². The van der Waals surface area contributed by atoms with Crippen LogP contribution in [0.1, 0.15) is 12.8 Å². The van der Waals surface area contributed by atoms with Crippen LogP contribution in [0.25, 0.3) is 0 Å². The molecule has 1 fully saturated rings. The van der Waals surface area contributed by atoms with E-state index >= 15 is 0 Å². The zero-order valence-corrected chi connectivity index (χ0v) is 7.31. The number of aliphatic carboxylic acids is 1. The molecule has 13 heavy (non-hydrogen) atoms. The third kappa shape index (κ3) is 1.40. The number of hydrogen-bond acceptors (Lipinski definition) is 2. The zero-order valence-electron chi connectivity index (χ0n) is 7.31. The minimum Gasteiger partial charge on any atom is -0.478 e. The third-order valence-corrected chi connectivity index (χ3v) is 2.96. The summed E-state index contributed by atoms with van der Waals surface area (Å²) < 4.78 is 0. The maximum atomic E-state index is 10.7. The second-order valence-corrected chi connectivity index (χ2v) is 3.77. The summed E-state index contributed by atoms with van der Waals surface area (Å²) in [4.78, 5) is 10.7. The van der Waals surface area contributed by atoms with Crippen molar-refractivity contribution in [1.29, 1.82) is 0 Å². The van der Waals surface area contributed by atoms with Gasteiger partial charge in [-0.05, 0) is 24.7 Å². The highest BCUT2D eigenvalue weighted by Crippen LogP contribution is 2.36. The molecule has 2 aliphatic rings. The summed E-state index contributed by atoms with van der Waals surface area (Å²) in [7, 11) is 0. The Bertz CT molecular complexity index is 293. The Hall–Kier alpha value is -1.09. The molecule has 0 spiro atoms. The monoisotopic (exact) mass is 179 g/mol. The first kappa shape index (κ1) is 8.51. The fourth-order valence-corrected chi connectivity index (χ4v) is 2.19. The molecule has 1 saturated carbocycles. The van der Waals surface area contributed by atoms with Crippen molar-refractivity contribution in [1.82, 2.24) is 0 Å². The lowest BCUT2D eigenvalue weighted by Gasteiger charge is -2.20. The summed E-state index contributed by atoms with van der Waals surface area (Å²) in [6.07, 6.45) is 7.59. The molecular weight excluding hydrogens is 166 g/mol. The van der Waals surface area contributed by atoms with Crippen LogP contribution in [0.2, 0.25) is 0 Å². The van der Waals surface area contributed by atoms with E-state index < -0.39 is 5.97 Å². The van der Waals surface area contributed by atoms with Crippen LogP contribution in [-0.2, 0) is 4.79 Å². The Morgan fingerprint density at radius 1 is 1.54 bits per heavy atom. The van der Waals surface area contributed by atoms with E-state index in [1.165, 1.54) is 0 Å². The molecule has 0 aromatic rings. The molecule has 0 aliphatic heterocycles. The van der Waals surface area contributed by atoms with Crippen LogP contribution in [-0.4, -0.2) is 17.1 Å². The number of hydrogen-bond donors (Lipinski definition) is 2. The number of allylic oxidation sites excluding steroid dienone is 1. The maximum absolute atomic E-state index is 10.7. The molecule has 3 nitrogen and oxygen atoms in total. The lowest BCUT2D eigenvalue weighted by Crippen LogP contribution is -2.27. The number of carboxylic acid groups (broad SMARTS) is 1. The van der Waals surface area contributed by atoms with Gasteiger partial charge in [-0.2, -0.15) is 0 Å². The van der Waals surface area contributed by atoms with E-state index in [9.17, 15) is 4.79 Å². The van der Waals surface area contributed by atoms with Gasteiger partial charge in [0.2, 0.25) is 0 Å². The topological polar surface area (TPSA) is 63.3 Å². The predicted molar refractivity (Wildman–Crippen MR) is 49.0 cm³/mol. The van der Waals surface area contributed by atoms with Crippen molar-refractivity contribution in [3.63, 3.8) is 0 Å². The highest BCUT2D eigenvalue weighted by atomic mass is 16.4. The van der Waals surface area contributed by atoms with Gasteiger partial charge < -0.3 is 10.8 Å². The quantitative estimate of drug-likeness (QED) is 0.629. The first-order chi connectivity index (χ1) is 6.18. The molecule has 3 N–H and O–H groups in total. The van der Waals surface area contributed by atoms with Gasteiger partial charge in [-0.1, -0.05) is 18.2 Å². The second kappa shape index (κ2) is 3.00. The van der Waals surface area contributed by atoms with Gasteiger partial charge in [-0.15, -0.1) is 0 Å². The third-order valence-electron chi connectivity index (χ3n) is 2.96. The van der Waals surface area contributed by atoms with Crippen LogP contribution in [0, 0.1) is 11.8 Å². The molecule has 0 bridgehead atoms. The minimum atomic E-state index is -0.853. The lowest BCUT2D eigenvalue weighted by atomic mass is 9.87. The van der Waals surface area contributed by atoms with Crippen molar-refractivity contribution in [3.05, 3.63) is 23.8 Å². The van der Waals surface area contributed by atoms with Crippen LogP contribution in [0.3, 0.4) is 0 Å². The van der Waals surface area contributed by atoms with E-state index in [-0.39, 0.29) is 12.0 Å². The van der Waals surface area contributed by atoms with Gasteiger partial charge in [0.25, 0.3) is 0 Å². The number of nitrogens with two attached hydrogens (primary N) is 1. The van der Waals surface area contributed by atoms with E-state index in [0.717, 1.165) is 12.8 Å². The Kier molecular flexibility index (Phi) is 1.96. The number of carboxylic acids is 1. The molecule has 0 aromatic carbocycles. The summed E-state index contributed by atoms with van der Waals surface area (Å²) in [5.41, 5.74) is 6.27. The minimum absolute atomic E-state index is 0.143. The molecule has 0 heterocycles. The average Bonchev–Trinajstić information content (AvgIpc) is 2.47. The molecule has 0 radical (unpaired) electrons.